The Labute approximate surface area is 189 Å². The maximum atomic E-state index is 5.34. The molecule has 0 spiro atoms. The second kappa shape index (κ2) is 9.01. The first-order valence-electron chi connectivity index (χ1n) is 10.7. The SMILES string of the molecule is COc1ccc(-c2nc(CC(C)(C)C)n3c2CN(Cc2cnc(SC)nc2)CC3)cc1. The summed E-state index contributed by atoms with van der Waals surface area (Å²) in [6.07, 6.45) is 6.84. The summed E-state index contributed by atoms with van der Waals surface area (Å²) in [6.45, 7) is 10.5. The molecule has 31 heavy (non-hydrogen) atoms. The number of aromatic nitrogens is 4. The van der Waals surface area contributed by atoms with Gasteiger partial charge in [-0.05, 0) is 35.9 Å². The van der Waals surface area contributed by atoms with Crippen LogP contribution in [0.4, 0.5) is 0 Å². The molecule has 1 aliphatic heterocycles. The summed E-state index contributed by atoms with van der Waals surface area (Å²) >= 11 is 1.57. The second-order valence-corrected chi connectivity index (χ2v) is 10.0. The highest BCUT2D eigenvalue weighted by atomic mass is 32.2. The van der Waals surface area contributed by atoms with Gasteiger partial charge in [0.1, 0.15) is 11.6 Å². The molecule has 6 nitrogen and oxygen atoms in total. The predicted molar refractivity (Wildman–Crippen MR) is 125 cm³/mol. The largest absolute Gasteiger partial charge is 0.497 e. The molecular formula is C24H31N5OS. The number of ether oxygens (including phenoxy) is 1. The van der Waals surface area contributed by atoms with Crippen LogP contribution in [0.1, 0.15) is 37.9 Å². The van der Waals surface area contributed by atoms with E-state index in [9.17, 15) is 0 Å². The molecule has 3 heterocycles. The van der Waals surface area contributed by atoms with Crippen molar-refractivity contribution >= 4 is 11.8 Å². The average Bonchev–Trinajstić information content (AvgIpc) is 3.10. The smallest absolute Gasteiger partial charge is 0.187 e. The van der Waals surface area contributed by atoms with E-state index in [1.54, 1.807) is 18.9 Å². The van der Waals surface area contributed by atoms with Crippen LogP contribution in [0.5, 0.6) is 5.75 Å². The highest BCUT2D eigenvalue weighted by Crippen LogP contribution is 2.32. The molecule has 0 radical (unpaired) electrons. The number of thioether (sulfide) groups is 1. The molecule has 164 valence electrons. The van der Waals surface area contributed by atoms with Crippen LogP contribution in [-0.4, -0.2) is 44.3 Å². The number of fused-ring (bicyclic) bond motifs is 1. The van der Waals surface area contributed by atoms with Crippen LogP contribution in [0.3, 0.4) is 0 Å². The minimum atomic E-state index is 0.187. The first kappa shape index (κ1) is 21.8. The number of nitrogens with zero attached hydrogens (tertiary/aromatic N) is 5. The summed E-state index contributed by atoms with van der Waals surface area (Å²) in [5.74, 6) is 2.04. The molecule has 2 aromatic heterocycles. The van der Waals surface area contributed by atoms with Gasteiger partial charge in [0.2, 0.25) is 0 Å². The quantitative estimate of drug-likeness (QED) is 0.412. The van der Waals surface area contributed by atoms with Gasteiger partial charge in [0, 0.05) is 56.1 Å². The molecule has 0 bridgehead atoms. The Kier molecular flexibility index (Phi) is 6.34. The third-order valence-electron chi connectivity index (χ3n) is 5.49. The molecule has 0 saturated carbocycles. The topological polar surface area (TPSA) is 56.1 Å². The number of methoxy groups -OCH3 is 1. The average molecular weight is 438 g/mol. The molecule has 0 atom stereocenters. The van der Waals surface area contributed by atoms with Gasteiger partial charge >= 0.3 is 0 Å². The molecule has 1 aromatic carbocycles. The maximum absolute atomic E-state index is 5.34. The fourth-order valence-electron chi connectivity index (χ4n) is 4.01. The molecule has 3 aromatic rings. The Balaban J connectivity index is 1.64. The minimum absolute atomic E-state index is 0.187. The maximum Gasteiger partial charge on any atom is 0.187 e. The fraction of sp³-hybridized carbons (Fsp3) is 0.458. The molecule has 0 N–H and O–H groups in total. The molecule has 0 amide bonds. The Morgan fingerprint density at radius 2 is 1.77 bits per heavy atom. The third-order valence-corrected chi connectivity index (χ3v) is 6.06. The van der Waals surface area contributed by atoms with Gasteiger partial charge in [0.05, 0.1) is 18.5 Å². The van der Waals surface area contributed by atoms with Crippen molar-refractivity contribution in [3.8, 4) is 17.0 Å². The zero-order valence-corrected chi connectivity index (χ0v) is 19.9. The Hall–Kier alpha value is -2.38. The van der Waals surface area contributed by atoms with Crippen molar-refractivity contribution in [2.45, 2.75) is 52.0 Å². The van der Waals surface area contributed by atoms with E-state index in [2.05, 4.69) is 52.3 Å². The lowest BCUT2D eigenvalue weighted by atomic mass is 9.92. The molecule has 7 heteroatoms. The van der Waals surface area contributed by atoms with E-state index in [-0.39, 0.29) is 5.41 Å². The number of benzene rings is 1. The van der Waals surface area contributed by atoms with Crippen LogP contribution in [0, 0.1) is 5.41 Å². The van der Waals surface area contributed by atoms with E-state index < -0.39 is 0 Å². The van der Waals surface area contributed by atoms with Crippen molar-refractivity contribution in [3.63, 3.8) is 0 Å². The normalized spacial score (nSPS) is 14.5. The summed E-state index contributed by atoms with van der Waals surface area (Å²) in [5.41, 5.74) is 4.84. The Morgan fingerprint density at radius 3 is 2.39 bits per heavy atom. The van der Waals surface area contributed by atoms with Crippen molar-refractivity contribution in [1.82, 2.24) is 24.4 Å². The van der Waals surface area contributed by atoms with E-state index in [0.717, 1.165) is 60.3 Å². The Bertz CT molecular complexity index is 1020. The van der Waals surface area contributed by atoms with E-state index in [1.165, 1.54) is 11.5 Å². The van der Waals surface area contributed by atoms with E-state index in [1.807, 2.05) is 30.8 Å². The van der Waals surface area contributed by atoms with E-state index >= 15 is 0 Å². The molecule has 0 saturated heterocycles. The zero-order chi connectivity index (χ0) is 22.0. The van der Waals surface area contributed by atoms with Crippen molar-refractivity contribution in [2.75, 3.05) is 19.9 Å². The molecule has 0 aliphatic carbocycles. The predicted octanol–water partition coefficient (Wildman–Crippen LogP) is 4.68. The monoisotopic (exact) mass is 437 g/mol. The minimum Gasteiger partial charge on any atom is -0.497 e. The summed E-state index contributed by atoms with van der Waals surface area (Å²) in [5, 5.41) is 0.814. The van der Waals surface area contributed by atoms with E-state index in [4.69, 9.17) is 9.72 Å². The highest BCUT2D eigenvalue weighted by molar-refractivity contribution is 7.98. The van der Waals surface area contributed by atoms with Crippen LogP contribution in [-0.2, 0) is 26.1 Å². The van der Waals surface area contributed by atoms with Crippen molar-refractivity contribution in [1.29, 1.82) is 0 Å². The van der Waals surface area contributed by atoms with Crippen LogP contribution < -0.4 is 4.74 Å². The lowest BCUT2D eigenvalue weighted by molar-refractivity contribution is 0.209. The van der Waals surface area contributed by atoms with Gasteiger partial charge in [0.15, 0.2) is 5.16 Å². The number of rotatable bonds is 6. The number of hydrogen-bond acceptors (Lipinski definition) is 6. The van der Waals surface area contributed by atoms with Gasteiger partial charge in [-0.2, -0.15) is 0 Å². The standard InChI is InChI=1S/C24H31N5OS/c1-24(2,3)12-21-27-22(18-6-8-19(30-4)9-7-18)20-16-28(10-11-29(20)21)15-17-13-25-23(31-5)26-14-17/h6-9,13-14H,10-12,15-16H2,1-5H3. The van der Waals surface area contributed by atoms with E-state index in [0.29, 0.717) is 0 Å². The Morgan fingerprint density at radius 1 is 1.06 bits per heavy atom. The van der Waals surface area contributed by atoms with Crippen molar-refractivity contribution < 1.29 is 4.74 Å². The molecule has 0 fully saturated rings. The third kappa shape index (κ3) is 5.10. The van der Waals surface area contributed by atoms with Crippen LogP contribution in [0.15, 0.2) is 41.8 Å². The van der Waals surface area contributed by atoms with Crippen molar-refractivity contribution in [2.24, 2.45) is 5.41 Å². The van der Waals surface area contributed by atoms with Crippen molar-refractivity contribution in [3.05, 3.63) is 53.7 Å². The summed E-state index contributed by atoms with van der Waals surface area (Å²) in [7, 11) is 1.70. The first-order chi connectivity index (χ1) is 14.9. The molecular weight excluding hydrogens is 406 g/mol. The number of imidazole rings is 1. The summed E-state index contributed by atoms with van der Waals surface area (Å²) in [6, 6.07) is 8.24. The molecule has 4 rings (SSSR count). The molecule has 1 aliphatic rings. The molecule has 0 unspecified atom stereocenters. The lowest BCUT2D eigenvalue weighted by Crippen LogP contribution is -2.34. The first-order valence-corrected chi connectivity index (χ1v) is 11.9. The fourth-order valence-corrected chi connectivity index (χ4v) is 4.32. The zero-order valence-electron chi connectivity index (χ0n) is 19.1. The van der Waals surface area contributed by atoms with Gasteiger partial charge in [-0.15, -0.1) is 0 Å². The van der Waals surface area contributed by atoms with Gasteiger partial charge in [0.25, 0.3) is 0 Å². The van der Waals surface area contributed by atoms with Gasteiger partial charge in [-0.1, -0.05) is 32.5 Å². The van der Waals surface area contributed by atoms with Gasteiger partial charge in [-0.3, -0.25) is 4.90 Å². The van der Waals surface area contributed by atoms with Crippen LogP contribution >= 0.6 is 11.8 Å². The summed E-state index contributed by atoms with van der Waals surface area (Å²) in [4.78, 5) is 16.5. The van der Waals surface area contributed by atoms with Gasteiger partial charge < -0.3 is 9.30 Å². The lowest BCUT2D eigenvalue weighted by Gasteiger charge is -2.30. The number of hydrogen-bond donors (Lipinski definition) is 0. The second-order valence-electron chi connectivity index (χ2n) is 9.23. The van der Waals surface area contributed by atoms with Gasteiger partial charge in [-0.25, -0.2) is 15.0 Å². The van der Waals surface area contributed by atoms with Crippen LogP contribution in [0.25, 0.3) is 11.3 Å². The van der Waals surface area contributed by atoms with Crippen LogP contribution in [0.2, 0.25) is 0 Å². The summed E-state index contributed by atoms with van der Waals surface area (Å²) < 4.78 is 7.78. The highest BCUT2D eigenvalue weighted by Gasteiger charge is 2.27.